The van der Waals surface area contributed by atoms with Gasteiger partial charge in [-0.1, -0.05) is 19.1 Å². The molecule has 1 aromatic heterocycles. The Hall–Kier alpha value is -1.94. The molecule has 1 heterocycles. The minimum absolute atomic E-state index is 0.111. The minimum Gasteiger partial charge on any atom is -0.495 e. The fraction of sp³-hybridized carbons (Fsp3) is 0.353. The van der Waals surface area contributed by atoms with Gasteiger partial charge in [0.2, 0.25) is 0 Å². The summed E-state index contributed by atoms with van der Waals surface area (Å²) >= 11 is 0. The lowest BCUT2D eigenvalue weighted by Gasteiger charge is -2.21. The van der Waals surface area contributed by atoms with E-state index in [2.05, 4.69) is 17.2 Å². The molecule has 0 spiro atoms. The topological polar surface area (TPSA) is 34.2 Å². The molecule has 0 bridgehead atoms. The summed E-state index contributed by atoms with van der Waals surface area (Å²) in [5.74, 6) is 0.536. The molecule has 0 radical (unpaired) electrons. The number of pyridine rings is 1. The fourth-order valence-corrected chi connectivity index (χ4v) is 2.30. The lowest BCUT2D eigenvalue weighted by Crippen LogP contribution is -2.24. The second-order valence-corrected chi connectivity index (χ2v) is 4.99. The van der Waals surface area contributed by atoms with Gasteiger partial charge in [0, 0.05) is 6.20 Å². The third-order valence-corrected chi connectivity index (χ3v) is 3.41. The molecule has 2 aromatic rings. The van der Waals surface area contributed by atoms with Crippen LogP contribution in [0, 0.1) is 12.7 Å². The first-order chi connectivity index (χ1) is 10.2. The van der Waals surface area contributed by atoms with Crippen molar-refractivity contribution in [3.05, 3.63) is 59.2 Å². The van der Waals surface area contributed by atoms with Crippen molar-refractivity contribution >= 4 is 0 Å². The zero-order chi connectivity index (χ0) is 15.2. The number of nitrogens with one attached hydrogen (secondary N) is 1. The summed E-state index contributed by atoms with van der Waals surface area (Å²) in [7, 11) is 1.63. The van der Waals surface area contributed by atoms with E-state index in [9.17, 15) is 4.39 Å². The third kappa shape index (κ3) is 3.58. The zero-order valence-electron chi connectivity index (χ0n) is 12.7. The second kappa shape index (κ2) is 7.18. The van der Waals surface area contributed by atoms with Crippen molar-refractivity contribution in [2.24, 2.45) is 0 Å². The molecule has 21 heavy (non-hydrogen) atoms. The molecule has 0 aliphatic heterocycles. The lowest BCUT2D eigenvalue weighted by atomic mass is 10.00. The molecule has 0 aliphatic carbocycles. The van der Waals surface area contributed by atoms with E-state index in [4.69, 9.17) is 4.74 Å². The number of aryl methyl sites for hydroxylation is 1. The summed E-state index contributed by atoms with van der Waals surface area (Å²) in [6.07, 6.45) is 2.75. The highest BCUT2D eigenvalue weighted by atomic mass is 19.1. The molecule has 3 nitrogen and oxygen atoms in total. The molecule has 1 aromatic carbocycles. The number of hydrogen-bond donors (Lipinski definition) is 1. The number of nitrogens with zero attached hydrogens (tertiary/aromatic N) is 1. The van der Waals surface area contributed by atoms with Crippen LogP contribution in [0.4, 0.5) is 4.39 Å². The highest BCUT2D eigenvalue weighted by Gasteiger charge is 2.19. The van der Waals surface area contributed by atoms with Crippen LogP contribution in [0.5, 0.6) is 5.75 Å². The predicted octanol–water partition coefficient (Wildman–Crippen LogP) is 3.63. The van der Waals surface area contributed by atoms with Gasteiger partial charge in [0.05, 0.1) is 13.2 Å². The maximum absolute atomic E-state index is 13.5. The number of hydrogen-bond acceptors (Lipinski definition) is 3. The molecule has 0 saturated heterocycles. The Balaban J connectivity index is 2.44. The predicted molar refractivity (Wildman–Crippen MR) is 82.1 cm³/mol. The number of halogens is 1. The van der Waals surface area contributed by atoms with E-state index in [0.29, 0.717) is 5.56 Å². The van der Waals surface area contributed by atoms with Gasteiger partial charge >= 0.3 is 0 Å². The van der Waals surface area contributed by atoms with Crippen LogP contribution < -0.4 is 10.1 Å². The molecule has 2 rings (SSSR count). The van der Waals surface area contributed by atoms with Crippen LogP contribution in [0.1, 0.15) is 36.2 Å². The van der Waals surface area contributed by atoms with Crippen LogP contribution in [0.2, 0.25) is 0 Å². The third-order valence-electron chi connectivity index (χ3n) is 3.41. The Kier molecular flexibility index (Phi) is 5.28. The van der Waals surface area contributed by atoms with Gasteiger partial charge in [-0.2, -0.15) is 0 Å². The van der Waals surface area contributed by atoms with Crippen molar-refractivity contribution in [2.45, 2.75) is 26.3 Å². The summed E-state index contributed by atoms with van der Waals surface area (Å²) in [4.78, 5) is 4.45. The van der Waals surface area contributed by atoms with Crippen molar-refractivity contribution < 1.29 is 9.13 Å². The number of aromatic nitrogens is 1. The Morgan fingerprint density at radius 3 is 2.81 bits per heavy atom. The highest BCUT2D eigenvalue weighted by molar-refractivity contribution is 5.38. The average Bonchev–Trinajstić information content (AvgIpc) is 2.51. The number of rotatable bonds is 6. The van der Waals surface area contributed by atoms with Gasteiger partial charge < -0.3 is 10.1 Å². The van der Waals surface area contributed by atoms with Crippen LogP contribution in [-0.2, 0) is 0 Å². The number of benzene rings is 1. The summed E-state index contributed by atoms with van der Waals surface area (Å²) in [6.45, 7) is 4.72. The van der Waals surface area contributed by atoms with Crippen LogP contribution in [0.25, 0.3) is 0 Å². The second-order valence-electron chi connectivity index (χ2n) is 4.99. The van der Waals surface area contributed by atoms with E-state index in [1.165, 1.54) is 6.07 Å². The van der Waals surface area contributed by atoms with Crippen molar-refractivity contribution in [3.8, 4) is 5.75 Å². The van der Waals surface area contributed by atoms with E-state index in [0.717, 1.165) is 30.0 Å². The van der Waals surface area contributed by atoms with Gasteiger partial charge in [0.25, 0.3) is 0 Å². The van der Waals surface area contributed by atoms with Crippen molar-refractivity contribution in [2.75, 3.05) is 13.7 Å². The molecule has 112 valence electrons. The molecule has 1 N–H and O–H groups in total. The van der Waals surface area contributed by atoms with Crippen LogP contribution in [0.15, 0.2) is 36.5 Å². The standard InChI is InChI=1S/C17H21FN2O/c1-4-9-19-16(13-7-8-14(18)12(2)11-13)17-15(21-3)6-5-10-20-17/h5-8,10-11,16,19H,4,9H2,1-3H3. The Morgan fingerprint density at radius 2 is 2.14 bits per heavy atom. The highest BCUT2D eigenvalue weighted by Crippen LogP contribution is 2.28. The molecule has 0 saturated carbocycles. The van der Waals surface area contributed by atoms with Crippen LogP contribution in [0.3, 0.4) is 0 Å². The molecular formula is C17H21FN2O. The van der Waals surface area contributed by atoms with Gasteiger partial charge in [-0.05, 0) is 49.2 Å². The summed E-state index contributed by atoms with van der Waals surface area (Å²) in [5.41, 5.74) is 2.43. The number of ether oxygens (including phenoxy) is 1. The first-order valence-electron chi connectivity index (χ1n) is 7.15. The Labute approximate surface area is 125 Å². The maximum Gasteiger partial charge on any atom is 0.142 e. The minimum atomic E-state index is -0.194. The quantitative estimate of drug-likeness (QED) is 0.881. The summed E-state index contributed by atoms with van der Waals surface area (Å²) in [6, 6.07) is 8.77. The summed E-state index contributed by atoms with van der Waals surface area (Å²) in [5, 5.41) is 3.46. The lowest BCUT2D eigenvalue weighted by molar-refractivity contribution is 0.399. The smallest absolute Gasteiger partial charge is 0.142 e. The first-order valence-corrected chi connectivity index (χ1v) is 7.15. The molecule has 1 unspecified atom stereocenters. The molecule has 4 heteroatoms. The molecular weight excluding hydrogens is 267 g/mol. The van der Waals surface area contributed by atoms with Crippen LogP contribution >= 0.6 is 0 Å². The van der Waals surface area contributed by atoms with Gasteiger partial charge in [-0.3, -0.25) is 4.98 Å². The first kappa shape index (κ1) is 15.4. The monoisotopic (exact) mass is 288 g/mol. The SMILES string of the molecule is CCCNC(c1ccc(F)c(C)c1)c1ncccc1OC. The van der Waals surface area contributed by atoms with Crippen molar-refractivity contribution in [3.63, 3.8) is 0 Å². The van der Waals surface area contributed by atoms with Crippen LogP contribution in [-0.4, -0.2) is 18.6 Å². The molecule has 1 atom stereocenters. The summed E-state index contributed by atoms with van der Waals surface area (Å²) < 4.78 is 18.9. The normalized spacial score (nSPS) is 12.2. The average molecular weight is 288 g/mol. The van der Waals surface area contributed by atoms with E-state index in [1.54, 1.807) is 26.3 Å². The molecule has 0 fully saturated rings. The molecule has 0 amide bonds. The van der Waals surface area contributed by atoms with Crippen molar-refractivity contribution in [1.29, 1.82) is 0 Å². The van der Waals surface area contributed by atoms with E-state index in [1.807, 2.05) is 18.2 Å². The van der Waals surface area contributed by atoms with Gasteiger partial charge in [-0.25, -0.2) is 4.39 Å². The van der Waals surface area contributed by atoms with E-state index in [-0.39, 0.29) is 11.9 Å². The maximum atomic E-state index is 13.5. The fourth-order valence-electron chi connectivity index (χ4n) is 2.30. The largest absolute Gasteiger partial charge is 0.495 e. The zero-order valence-corrected chi connectivity index (χ0v) is 12.7. The van der Waals surface area contributed by atoms with Gasteiger partial charge in [-0.15, -0.1) is 0 Å². The van der Waals surface area contributed by atoms with Gasteiger partial charge in [0.15, 0.2) is 0 Å². The van der Waals surface area contributed by atoms with Gasteiger partial charge in [0.1, 0.15) is 17.3 Å². The van der Waals surface area contributed by atoms with E-state index < -0.39 is 0 Å². The Morgan fingerprint density at radius 1 is 1.33 bits per heavy atom. The Bertz CT molecular complexity index is 601. The van der Waals surface area contributed by atoms with Crippen molar-refractivity contribution in [1.82, 2.24) is 10.3 Å². The number of methoxy groups -OCH3 is 1. The molecule has 0 aliphatic rings. The van der Waals surface area contributed by atoms with E-state index >= 15 is 0 Å².